The molecule has 3 aromatic rings. The highest BCUT2D eigenvalue weighted by molar-refractivity contribution is 6.36. The van der Waals surface area contributed by atoms with Crippen LogP contribution >= 0.6 is 34.8 Å². The Balaban J connectivity index is 1.73. The molecule has 0 bridgehead atoms. The van der Waals surface area contributed by atoms with Crippen LogP contribution in [0.25, 0.3) is 5.69 Å². The van der Waals surface area contributed by atoms with Crippen LogP contribution in [0.15, 0.2) is 48.7 Å². The number of aromatic nitrogens is 2. The molecule has 1 amide bonds. The van der Waals surface area contributed by atoms with Crippen LogP contribution < -0.4 is 10.6 Å². The van der Waals surface area contributed by atoms with E-state index in [2.05, 4.69) is 15.7 Å². The van der Waals surface area contributed by atoms with Crippen molar-refractivity contribution in [2.24, 2.45) is 0 Å². The Bertz CT molecular complexity index is 1030. The zero-order chi connectivity index (χ0) is 20.4. The van der Waals surface area contributed by atoms with Gasteiger partial charge >= 0.3 is 0 Å². The highest BCUT2D eigenvalue weighted by atomic mass is 35.5. The molecule has 29 heavy (non-hydrogen) atoms. The molecule has 2 N–H and O–H groups in total. The van der Waals surface area contributed by atoms with Crippen LogP contribution in [-0.4, -0.2) is 28.8 Å². The molecule has 1 saturated heterocycles. The van der Waals surface area contributed by atoms with Gasteiger partial charge in [-0.2, -0.15) is 5.10 Å². The topological polar surface area (TPSA) is 59.0 Å². The molecule has 0 atom stereocenters. The van der Waals surface area contributed by atoms with E-state index < -0.39 is 0 Å². The smallest absolute Gasteiger partial charge is 0.259 e. The molecule has 5 nitrogen and oxygen atoms in total. The summed E-state index contributed by atoms with van der Waals surface area (Å²) in [5.74, 6) is -0.0482. The molecule has 0 radical (unpaired) electrons. The number of benzene rings is 2. The second-order valence-corrected chi connectivity index (χ2v) is 8.21. The number of rotatable bonds is 4. The number of nitrogens with one attached hydrogen (secondary N) is 2. The van der Waals surface area contributed by atoms with Crippen LogP contribution in [0, 0.1) is 0 Å². The maximum absolute atomic E-state index is 13.1. The molecule has 2 heterocycles. The summed E-state index contributed by atoms with van der Waals surface area (Å²) in [6.45, 7) is 1.80. The third-order valence-electron chi connectivity index (χ3n) is 5.02. The highest BCUT2D eigenvalue weighted by Crippen LogP contribution is 2.32. The summed E-state index contributed by atoms with van der Waals surface area (Å²) >= 11 is 18.3. The second-order valence-electron chi connectivity index (χ2n) is 6.93. The van der Waals surface area contributed by atoms with Crippen LogP contribution in [0.3, 0.4) is 0 Å². The summed E-state index contributed by atoms with van der Waals surface area (Å²) in [5.41, 5.74) is 2.76. The van der Waals surface area contributed by atoms with E-state index in [1.54, 1.807) is 24.4 Å². The Labute approximate surface area is 184 Å². The molecule has 1 fully saturated rings. The third kappa shape index (κ3) is 4.43. The van der Waals surface area contributed by atoms with E-state index in [0.29, 0.717) is 26.3 Å². The normalized spacial score (nSPS) is 14.7. The van der Waals surface area contributed by atoms with Gasteiger partial charge in [0.15, 0.2) is 0 Å². The maximum Gasteiger partial charge on any atom is 0.259 e. The van der Waals surface area contributed by atoms with Gasteiger partial charge < -0.3 is 10.6 Å². The van der Waals surface area contributed by atoms with Gasteiger partial charge in [-0.1, -0.05) is 34.8 Å². The van der Waals surface area contributed by atoms with E-state index in [-0.39, 0.29) is 11.8 Å². The number of hydrogen-bond donors (Lipinski definition) is 2. The van der Waals surface area contributed by atoms with Crippen molar-refractivity contribution < 1.29 is 4.79 Å². The van der Waals surface area contributed by atoms with Crippen molar-refractivity contribution in [3.05, 3.63) is 75.0 Å². The van der Waals surface area contributed by atoms with Crippen molar-refractivity contribution in [3.8, 4) is 5.69 Å². The Kier molecular flexibility index (Phi) is 6.11. The fourth-order valence-electron chi connectivity index (χ4n) is 3.59. The Morgan fingerprint density at radius 3 is 2.45 bits per heavy atom. The lowest BCUT2D eigenvalue weighted by Crippen LogP contribution is -2.29. The summed E-state index contributed by atoms with van der Waals surface area (Å²) in [6.07, 6.45) is 3.47. The van der Waals surface area contributed by atoms with Crippen LogP contribution in [0.4, 0.5) is 5.69 Å². The first-order valence-electron chi connectivity index (χ1n) is 9.34. The van der Waals surface area contributed by atoms with Crippen molar-refractivity contribution in [2.45, 2.75) is 18.8 Å². The lowest BCUT2D eigenvalue weighted by Gasteiger charge is -2.24. The molecular formula is C21H19Cl3N4O. The van der Waals surface area contributed by atoms with Crippen LogP contribution in [-0.2, 0) is 0 Å². The number of nitrogens with zero attached hydrogens (tertiary/aromatic N) is 2. The Morgan fingerprint density at radius 1 is 1.03 bits per heavy atom. The molecule has 1 aliphatic rings. The van der Waals surface area contributed by atoms with Gasteiger partial charge in [-0.15, -0.1) is 0 Å². The van der Waals surface area contributed by atoms with E-state index in [4.69, 9.17) is 34.8 Å². The Hall–Kier alpha value is -2.05. The number of carbonyl (C=O) groups excluding carboxylic acids is 1. The minimum atomic E-state index is -0.261. The van der Waals surface area contributed by atoms with Gasteiger partial charge in [0.1, 0.15) is 0 Å². The Morgan fingerprint density at radius 2 is 1.72 bits per heavy atom. The van der Waals surface area contributed by atoms with Gasteiger partial charge in [0.2, 0.25) is 0 Å². The van der Waals surface area contributed by atoms with Crippen molar-refractivity contribution in [3.63, 3.8) is 0 Å². The molecular weight excluding hydrogens is 431 g/mol. The van der Waals surface area contributed by atoms with Gasteiger partial charge in [0, 0.05) is 16.0 Å². The molecule has 1 aliphatic heterocycles. The summed E-state index contributed by atoms with van der Waals surface area (Å²) in [7, 11) is 0. The fourth-order valence-corrected chi connectivity index (χ4v) is 4.05. The van der Waals surface area contributed by atoms with Crippen molar-refractivity contribution in [1.29, 1.82) is 0 Å². The maximum atomic E-state index is 13.1. The number of hydrogen-bond acceptors (Lipinski definition) is 3. The lowest BCUT2D eigenvalue weighted by atomic mass is 9.91. The van der Waals surface area contributed by atoms with Crippen molar-refractivity contribution >= 4 is 46.4 Å². The van der Waals surface area contributed by atoms with Gasteiger partial charge in [0.25, 0.3) is 5.91 Å². The molecule has 1 aromatic heterocycles. The molecule has 0 aliphatic carbocycles. The zero-order valence-electron chi connectivity index (χ0n) is 15.5. The van der Waals surface area contributed by atoms with E-state index in [1.807, 2.05) is 28.9 Å². The largest absolute Gasteiger partial charge is 0.320 e. The first-order chi connectivity index (χ1) is 14.0. The first-order valence-corrected chi connectivity index (χ1v) is 10.5. The summed E-state index contributed by atoms with van der Waals surface area (Å²) < 4.78 is 1.83. The van der Waals surface area contributed by atoms with E-state index in [9.17, 15) is 4.79 Å². The molecule has 2 aromatic carbocycles. The minimum absolute atomic E-state index is 0.213. The number of halogens is 3. The number of carbonyl (C=O) groups is 1. The third-order valence-corrected chi connectivity index (χ3v) is 5.84. The van der Waals surface area contributed by atoms with Gasteiger partial charge in [-0.05, 0) is 68.4 Å². The molecule has 0 spiro atoms. The minimum Gasteiger partial charge on any atom is -0.320 e. The van der Waals surface area contributed by atoms with Crippen LogP contribution in [0.2, 0.25) is 15.1 Å². The lowest BCUT2D eigenvalue weighted by molar-refractivity contribution is 0.102. The average molecular weight is 450 g/mol. The zero-order valence-corrected chi connectivity index (χ0v) is 17.7. The predicted octanol–water partition coefficient (Wildman–Crippen LogP) is 5.55. The van der Waals surface area contributed by atoms with E-state index in [0.717, 1.165) is 37.3 Å². The average Bonchev–Trinajstić information content (AvgIpc) is 3.17. The molecule has 0 saturated carbocycles. The summed E-state index contributed by atoms with van der Waals surface area (Å²) in [6, 6.07) is 12.4. The first kappa shape index (κ1) is 20.2. The number of amides is 1. The van der Waals surface area contributed by atoms with Crippen molar-refractivity contribution in [2.75, 3.05) is 18.4 Å². The fraction of sp³-hybridized carbons (Fsp3) is 0.238. The van der Waals surface area contributed by atoms with E-state index in [1.165, 1.54) is 0 Å². The molecule has 0 unspecified atom stereocenters. The second kappa shape index (κ2) is 8.76. The molecule has 8 heteroatoms. The van der Waals surface area contributed by atoms with Crippen LogP contribution in [0.5, 0.6) is 0 Å². The summed E-state index contributed by atoms with van der Waals surface area (Å²) in [4.78, 5) is 13.1. The van der Waals surface area contributed by atoms with Crippen molar-refractivity contribution in [1.82, 2.24) is 15.1 Å². The van der Waals surface area contributed by atoms with Gasteiger partial charge in [0.05, 0.1) is 33.9 Å². The number of anilines is 1. The number of piperidine rings is 1. The standard InChI is InChI=1S/C21H19Cl3N4O/c22-14-1-4-16(5-2-14)28-20(13-7-9-25-10-8-13)17(12-26-28)21(29)27-19-11-15(23)3-6-18(19)24/h1-6,11-13,25H,7-10H2,(H,27,29). The molecule has 150 valence electrons. The van der Waals surface area contributed by atoms with E-state index >= 15 is 0 Å². The molecule has 4 rings (SSSR count). The summed E-state index contributed by atoms with van der Waals surface area (Å²) in [5, 5.41) is 12.3. The predicted molar refractivity (Wildman–Crippen MR) is 118 cm³/mol. The van der Waals surface area contributed by atoms with Gasteiger partial charge in [-0.25, -0.2) is 4.68 Å². The van der Waals surface area contributed by atoms with Gasteiger partial charge in [-0.3, -0.25) is 4.79 Å². The monoisotopic (exact) mass is 448 g/mol. The SMILES string of the molecule is O=C(Nc1cc(Cl)ccc1Cl)c1cnn(-c2ccc(Cl)cc2)c1C1CCNCC1. The van der Waals surface area contributed by atoms with Crippen LogP contribution in [0.1, 0.15) is 34.8 Å². The highest BCUT2D eigenvalue weighted by Gasteiger charge is 2.27. The quantitative estimate of drug-likeness (QED) is 0.549.